The molecule has 1 atom stereocenters. The number of aliphatic hydroxyl groups is 1. The molecule has 1 unspecified atom stereocenters. The number of halogens is 1. The van der Waals surface area contributed by atoms with Gasteiger partial charge in [-0.15, -0.1) is 0 Å². The second kappa shape index (κ2) is 8.13. The van der Waals surface area contributed by atoms with E-state index < -0.39 is 6.10 Å². The molecular weight excluding hydrogens is 325 g/mol. The van der Waals surface area contributed by atoms with Gasteiger partial charge in [-0.3, -0.25) is 4.90 Å². The standard InChI is InChI=1S/C18H22FN3O3/c19-15-5-3-14(4-6-15)12-20-18(24)22-9-7-21(8-10-22)13-16(23)17-2-1-11-25-17/h1-6,11,16,23H,7-10,12-13H2,(H,20,24). The Bertz CT molecular complexity index is 667. The number of furan rings is 1. The van der Waals surface area contributed by atoms with Gasteiger partial charge < -0.3 is 19.7 Å². The summed E-state index contributed by atoms with van der Waals surface area (Å²) in [6, 6.07) is 9.45. The number of aliphatic hydroxyl groups excluding tert-OH is 1. The van der Waals surface area contributed by atoms with Crippen LogP contribution in [0.4, 0.5) is 9.18 Å². The van der Waals surface area contributed by atoms with Crippen LogP contribution in [0.5, 0.6) is 0 Å². The van der Waals surface area contributed by atoms with E-state index in [1.807, 2.05) is 0 Å². The number of carbonyl (C=O) groups excluding carboxylic acids is 1. The molecule has 2 amide bonds. The van der Waals surface area contributed by atoms with Crippen LogP contribution in [0.2, 0.25) is 0 Å². The Morgan fingerprint density at radius 1 is 1.20 bits per heavy atom. The van der Waals surface area contributed by atoms with E-state index in [0.717, 1.165) is 5.56 Å². The van der Waals surface area contributed by atoms with Crippen LogP contribution < -0.4 is 5.32 Å². The summed E-state index contributed by atoms with van der Waals surface area (Å²) in [6.07, 6.45) is 0.885. The van der Waals surface area contributed by atoms with Gasteiger partial charge in [-0.2, -0.15) is 0 Å². The molecule has 7 heteroatoms. The molecular formula is C18H22FN3O3. The van der Waals surface area contributed by atoms with Crippen LogP contribution >= 0.6 is 0 Å². The van der Waals surface area contributed by atoms with Crippen molar-refractivity contribution in [3.8, 4) is 0 Å². The fourth-order valence-electron chi connectivity index (χ4n) is 2.84. The second-order valence-electron chi connectivity index (χ2n) is 6.10. The number of carbonyl (C=O) groups is 1. The predicted octanol–water partition coefficient (Wildman–Crippen LogP) is 1.98. The first-order valence-corrected chi connectivity index (χ1v) is 8.33. The lowest BCUT2D eigenvalue weighted by Gasteiger charge is -2.35. The maximum atomic E-state index is 12.9. The summed E-state index contributed by atoms with van der Waals surface area (Å²) < 4.78 is 18.1. The molecule has 2 heterocycles. The maximum absolute atomic E-state index is 12.9. The largest absolute Gasteiger partial charge is 0.467 e. The summed E-state index contributed by atoms with van der Waals surface area (Å²) in [5, 5.41) is 13.0. The van der Waals surface area contributed by atoms with Crippen molar-refractivity contribution >= 4 is 6.03 Å². The monoisotopic (exact) mass is 347 g/mol. The molecule has 0 saturated carbocycles. The van der Waals surface area contributed by atoms with Crippen molar-refractivity contribution in [1.29, 1.82) is 0 Å². The van der Waals surface area contributed by atoms with Gasteiger partial charge in [0.15, 0.2) is 0 Å². The summed E-state index contributed by atoms with van der Waals surface area (Å²) in [4.78, 5) is 16.1. The van der Waals surface area contributed by atoms with Crippen molar-refractivity contribution in [1.82, 2.24) is 15.1 Å². The zero-order valence-corrected chi connectivity index (χ0v) is 13.9. The van der Waals surface area contributed by atoms with E-state index in [-0.39, 0.29) is 11.8 Å². The molecule has 25 heavy (non-hydrogen) atoms. The van der Waals surface area contributed by atoms with Crippen molar-refractivity contribution in [3.05, 3.63) is 59.8 Å². The lowest BCUT2D eigenvalue weighted by molar-refractivity contribution is 0.0691. The number of amides is 2. The fraction of sp³-hybridized carbons (Fsp3) is 0.389. The number of rotatable bonds is 5. The SMILES string of the molecule is O=C(NCc1ccc(F)cc1)N1CCN(CC(O)c2ccco2)CC1. The predicted molar refractivity (Wildman–Crippen MR) is 90.3 cm³/mol. The quantitative estimate of drug-likeness (QED) is 0.868. The Kier molecular flexibility index (Phi) is 5.67. The van der Waals surface area contributed by atoms with Crippen molar-refractivity contribution < 1.29 is 18.7 Å². The van der Waals surface area contributed by atoms with Crippen LogP contribution in [0.1, 0.15) is 17.4 Å². The molecule has 3 rings (SSSR count). The van der Waals surface area contributed by atoms with Crippen LogP contribution in [0.25, 0.3) is 0 Å². The van der Waals surface area contributed by atoms with E-state index in [4.69, 9.17) is 4.42 Å². The van der Waals surface area contributed by atoms with Gasteiger partial charge in [0.05, 0.1) is 6.26 Å². The van der Waals surface area contributed by atoms with Gasteiger partial charge >= 0.3 is 6.03 Å². The molecule has 1 aromatic heterocycles. The lowest BCUT2D eigenvalue weighted by Crippen LogP contribution is -2.52. The molecule has 2 N–H and O–H groups in total. The molecule has 1 aromatic carbocycles. The van der Waals surface area contributed by atoms with Crippen LogP contribution in [-0.4, -0.2) is 53.7 Å². The number of benzene rings is 1. The average molecular weight is 347 g/mol. The molecule has 1 aliphatic heterocycles. The van der Waals surface area contributed by atoms with Gasteiger partial charge in [-0.05, 0) is 29.8 Å². The molecule has 0 radical (unpaired) electrons. The third-order valence-corrected chi connectivity index (χ3v) is 4.32. The normalized spacial score (nSPS) is 16.6. The van der Waals surface area contributed by atoms with Gasteiger partial charge in [-0.1, -0.05) is 12.1 Å². The van der Waals surface area contributed by atoms with Gasteiger partial charge in [0.25, 0.3) is 0 Å². The van der Waals surface area contributed by atoms with Crippen LogP contribution in [0, 0.1) is 5.82 Å². The third-order valence-electron chi connectivity index (χ3n) is 4.32. The summed E-state index contributed by atoms with van der Waals surface area (Å²) in [6.45, 7) is 3.44. The highest BCUT2D eigenvalue weighted by Crippen LogP contribution is 2.15. The molecule has 0 spiro atoms. The number of β-amino-alcohol motifs (C(OH)–C–C–N with tert-alkyl or cyclic N) is 1. The summed E-state index contributed by atoms with van der Waals surface area (Å²) in [5.74, 6) is 0.266. The molecule has 0 aliphatic carbocycles. The van der Waals surface area contributed by atoms with E-state index in [0.29, 0.717) is 45.0 Å². The number of hydrogen-bond acceptors (Lipinski definition) is 4. The van der Waals surface area contributed by atoms with Crippen molar-refractivity contribution in [2.45, 2.75) is 12.6 Å². The number of nitrogens with one attached hydrogen (secondary N) is 1. The topological polar surface area (TPSA) is 69.0 Å². The molecule has 6 nitrogen and oxygen atoms in total. The van der Waals surface area contributed by atoms with Crippen molar-refractivity contribution in [2.24, 2.45) is 0 Å². The van der Waals surface area contributed by atoms with E-state index in [1.54, 1.807) is 35.4 Å². The second-order valence-corrected chi connectivity index (χ2v) is 6.10. The number of piperazine rings is 1. The Hall–Kier alpha value is -2.38. The van der Waals surface area contributed by atoms with Crippen LogP contribution in [-0.2, 0) is 6.54 Å². The molecule has 1 saturated heterocycles. The minimum Gasteiger partial charge on any atom is -0.467 e. The number of hydrogen-bond donors (Lipinski definition) is 2. The van der Waals surface area contributed by atoms with E-state index >= 15 is 0 Å². The summed E-state index contributed by atoms with van der Waals surface area (Å²) >= 11 is 0. The smallest absolute Gasteiger partial charge is 0.317 e. The minimum atomic E-state index is -0.658. The highest BCUT2D eigenvalue weighted by atomic mass is 19.1. The Morgan fingerprint density at radius 2 is 1.92 bits per heavy atom. The van der Waals surface area contributed by atoms with E-state index in [9.17, 15) is 14.3 Å². The molecule has 1 fully saturated rings. The van der Waals surface area contributed by atoms with Gasteiger partial charge in [0.1, 0.15) is 17.7 Å². The molecule has 134 valence electrons. The minimum absolute atomic E-state index is 0.129. The van der Waals surface area contributed by atoms with Gasteiger partial charge in [-0.25, -0.2) is 9.18 Å². The highest BCUT2D eigenvalue weighted by molar-refractivity contribution is 5.74. The van der Waals surface area contributed by atoms with Crippen LogP contribution in [0.3, 0.4) is 0 Å². The van der Waals surface area contributed by atoms with Gasteiger partial charge in [0, 0.05) is 39.3 Å². The molecule has 2 aromatic rings. The first kappa shape index (κ1) is 17.4. The Balaban J connectivity index is 1.40. The maximum Gasteiger partial charge on any atom is 0.317 e. The summed E-state index contributed by atoms with van der Waals surface area (Å²) in [5.41, 5.74) is 0.856. The average Bonchev–Trinajstić information content (AvgIpc) is 3.16. The summed E-state index contributed by atoms with van der Waals surface area (Å²) in [7, 11) is 0. The number of urea groups is 1. The fourth-order valence-corrected chi connectivity index (χ4v) is 2.84. The van der Waals surface area contributed by atoms with Gasteiger partial charge in [0.2, 0.25) is 0 Å². The zero-order chi connectivity index (χ0) is 17.6. The van der Waals surface area contributed by atoms with E-state index in [2.05, 4.69) is 10.2 Å². The Morgan fingerprint density at radius 3 is 2.56 bits per heavy atom. The number of nitrogens with zero attached hydrogens (tertiary/aromatic N) is 2. The lowest BCUT2D eigenvalue weighted by atomic mass is 10.2. The van der Waals surface area contributed by atoms with Crippen molar-refractivity contribution in [2.75, 3.05) is 32.7 Å². The first-order chi connectivity index (χ1) is 12.1. The first-order valence-electron chi connectivity index (χ1n) is 8.33. The van der Waals surface area contributed by atoms with Crippen molar-refractivity contribution in [3.63, 3.8) is 0 Å². The third kappa shape index (κ3) is 4.80. The van der Waals surface area contributed by atoms with E-state index in [1.165, 1.54) is 12.1 Å². The van der Waals surface area contributed by atoms with Crippen LogP contribution in [0.15, 0.2) is 47.1 Å². The zero-order valence-electron chi connectivity index (χ0n) is 13.9. The highest BCUT2D eigenvalue weighted by Gasteiger charge is 2.23. The molecule has 0 bridgehead atoms. The Labute approximate surface area is 145 Å². The molecule has 1 aliphatic rings.